The summed E-state index contributed by atoms with van der Waals surface area (Å²) in [5.41, 5.74) is 5.26. The summed E-state index contributed by atoms with van der Waals surface area (Å²) in [6.45, 7) is 0.873. The van der Waals surface area contributed by atoms with Crippen molar-refractivity contribution in [2.75, 3.05) is 31.6 Å². The number of amides is 4. The Labute approximate surface area is 116 Å². The summed E-state index contributed by atoms with van der Waals surface area (Å²) < 4.78 is 0. The number of rotatable bonds is 8. The summed E-state index contributed by atoms with van der Waals surface area (Å²) in [5.74, 6) is 0.353. The van der Waals surface area contributed by atoms with E-state index in [2.05, 4.69) is 10.6 Å². The minimum atomic E-state index is -0.452. The van der Waals surface area contributed by atoms with Crippen molar-refractivity contribution in [1.29, 1.82) is 0 Å². The third-order valence-electron chi connectivity index (χ3n) is 2.75. The zero-order valence-corrected chi connectivity index (χ0v) is 11.8. The molecule has 19 heavy (non-hydrogen) atoms. The van der Waals surface area contributed by atoms with Crippen LogP contribution in [0.15, 0.2) is 0 Å². The highest BCUT2D eigenvalue weighted by atomic mass is 32.2. The molecule has 0 aromatic carbocycles. The van der Waals surface area contributed by atoms with Crippen molar-refractivity contribution in [3.8, 4) is 0 Å². The van der Waals surface area contributed by atoms with Gasteiger partial charge >= 0.3 is 6.03 Å². The zero-order valence-electron chi connectivity index (χ0n) is 11.0. The first kappa shape index (κ1) is 15.8. The minimum absolute atomic E-state index is 0.106. The molecule has 0 aromatic rings. The van der Waals surface area contributed by atoms with Crippen LogP contribution in [0.4, 0.5) is 4.79 Å². The minimum Gasteiger partial charge on any atom is -0.355 e. The first-order chi connectivity index (χ1) is 9.10. The first-order valence-corrected chi connectivity index (χ1v) is 7.57. The standard InChI is InChI=1S/C11H20N4O3S/c1-19-7-3-8-10(17)15(11(18)14-8)6-2-9(16)13-5-4-12/h8H,2-7,12H2,1H3,(H,13,16)(H,14,18). The van der Waals surface area contributed by atoms with Crippen molar-refractivity contribution in [3.63, 3.8) is 0 Å². The molecule has 1 rings (SSSR count). The summed E-state index contributed by atoms with van der Waals surface area (Å²) in [7, 11) is 0. The molecule has 1 atom stereocenters. The number of imide groups is 1. The van der Waals surface area contributed by atoms with Crippen LogP contribution < -0.4 is 16.4 Å². The molecule has 1 saturated heterocycles. The van der Waals surface area contributed by atoms with Crippen molar-refractivity contribution < 1.29 is 14.4 Å². The van der Waals surface area contributed by atoms with Crippen LogP contribution in [0.2, 0.25) is 0 Å². The fourth-order valence-corrected chi connectivity index (χ4v) is 2.20. The number of hydrogen-bond acceptors (Lipinski definition) is 5. The van der Waals surface area contributed by atoms with Gasteiger partial charge < -0.3 is 16.4 Å². The van der Waals surface area contributed by atoms with Gasteiger partial charge in [-0.05, 0) is 18.4 Å². The number of nitrogens with one attached hydrogen (secondary N) is 2. The van der Waals surface area contributed by atoms with E-state index in [1.54, 1.807) is 11.8 Å². The van der Waals surface area contributed by atoms with E-state index < -0.39 is 12.1 Å². The average molecular weight is 288 g/mol. The number of urea groups is 1. The van der Waals surface area contributed by atoms with Gasteiger partial charge in [-0.1, -0.05) is 0 Å². The van der Waals surface area contributed by atoms with E-state index in [-0.39, 0.29) is 24.8 Å². The van der Waals surface area contributed by atoms with Crippen LogP contribution in [-0.4, -0.2) is 60.4 Å². The Bertz CT molecular complexity index is 351. The second-order valence-electron chi connectivity index (χ2n) is 4.16. The van der Waals surface area contributed by atoms with Crippen LogP contribution >= 0.6 is 11.8 Å². The lowest BCUT2D eigenvalue weighted by molar-refractivity contribution is -0.128. The van der Waals surface area contributed by atoms with Crippen LogP contribution in [0.1, 0.15) is 12.8 Å². The zero-order chi connectivity index (χ0) is 14.3. The lowest BCUT2D eigenvalue weighted by Crippen LogP contribution is -2.36. The summed E-state index contributed by atoms with van der Waals surface area (Å²) >= 11 is 1.62. The number of nitrogens with zero attached hydrogens (tertiary/aromatic N) is 1. The van der Waals surface area contributed by atoms with Gasteiger partial charge in [-0.3, -0.25) is 14.5 Å². The predicted molar refractivity (Wildman–Crippen MR) is 73.7 cm³/mol. The summed E-state index contributed by atoms with van der Waals surface area (Å²) in [6, 6.07) is -0.866. The maximum absolute atomic E-state index is 11.9. The number of nitrogens with two attached hydrogens (primary N) is 1. The largest absolute Gasteiger partial charge is 0.355 e. The number of carbonyl (C=O) groups excluding carboxylic acids is 3. The molecule has 1 aliphatic rings. The quantitative estimate of drug-likeness (QED) is 0.503. The lowest BCUT2D eigenvalue weighted by Gasteiger charge is -2.12. The summed E-state index contributed by atoms with van der Waals surface area (Å²) in [4.78, 5) is 36.0. The Morgan fingerprint density at radius 3 is 2.89 bits per heavy atom. The van der Waals surface area contributed by atoms with Crippen LogP contribution in [0.25, 0.3) is 0 Å². The van der Waals surface area contributed by atoms with Crippen molar-refractivity contribution >= 4 is 29.6 Å². The smallest absolute Gasteiger partial charge is 0.324 e. The maximum Gasteiger partial charge on any atom is 0.324 e. The van der Waals surface area contributed by atoms with Gasteiger partial charge in [-0.2, -0.15) is 11.8 Å². The molecule has 0 spiro atoms. The highest BCUT2D eigenvalue weighted by Gasteiger charge is 2.37. The SMILES string of the molecule is CSCCC1NC(=O)N(CCC(=O)NCCN)C1=O. The molecule has 0 radical (unpaired) electrons. The molecular formula is C11H20N4O3S. The van der Waals surface area contributed by atoms with Crippen LogP contribution in [0.5, 0.6) is 0 Å². The molecule has 7 nitrogen and oxygen atoms in total. The highest BCUT2D eigenvalue weighted by molar-refractivity contribution is 7.98. The van der Waals surface area contributed by atoms with E-state index in [9.17, 15) is 14.4 Å². The van der Waals surface area contributed by atoms with Gasteiger partial charge in [0.15, 0.2) is 0 Å². The fourth-order valence-electron chi connectivity index (χ4n) is 1.73. The lowest BCUT2D eigenvalue weighted by atomic mass is 10.2. The van der Waals surface area contributed by atoms with Gasteiger partial charge in [-0.15, -0.1) is 0 Å². The average Bonchev–Trinajstić information content (AvgIpc) is 2.66. The van der Waals surface area contributed by atoms with Gasteiger partial charge in [0.2, 0.25) is 5.91 Å². The van der Waals surface area contributed by atoms with Crippen LogP contribution in [0.3, 0.4) is 0 Å². The fraction of sp³-hybridized carbons (Fsp3) is 0.727. The second-order valence-corrected chi connectivity index (χ2v) is 5.15. The van der Waals surface area contributed by atoms with E-state index in [1.165, 1.54) is 0 Å². The molecule has 1 fully saturated rings. The molecule has 0 aromatic heterocycles. The van der Waals surface area contributed by atoms with E-state index in [1.807, 2.05) is 6.26 Å². The highest BCUT2D eigenvalue weighted by Crippen LogP contribution is 2.12. The molecule has 4 N–H and O–H groups in total. The molecule has 0 bridgehead atoms. The first-order valence-electron chi connectivity index (χ1n) is 6.17. The third kappa shape index (κ3) is 4.71. The maximum atomic E-state index is 11.9. The van der Waals surface area contributed by atoms with Gasteiger partial charge in [0.25, 0.3) is 5.91 Å². The predicted octanol–water partition coefficient (Wildman–Crippen LogP) is -0.875. The molecule has 8 heteroatoms. The molecule has 108 valence electrons. The Balaban J connectivity index is 2.39. The Morgan fingerprint density at radius 1 is 1.53 bits per heavy atom. The van der Waals surface area contributed by atoms with E-state index in [0.717, 1.165) is 10.7 Å². The van der Waals surface area contributed by atoms with Crippen molar-refractivity contribution in [3.05, 3.63) is 0 Å². The Morgan fingerprint density at radius 2 is 2.26 bits per heavy atom. The summed E-state index contributed by atoms with van der Waals surface area (Å²) in [5, 5.41) is 5.22. The van der Waals surface area contributed by atoms with Crippen molar-refractivity contribution in [2.24, 2.45) is 5.73 Å². The van der Waals surface area contributed by atoms with Gasteiger partial charge in [0.1, 0.15) is 6.04 Å². The van der Waals surface area contributed by atoms with Crippen molar-refractivity contribution in [2.45, 2.75) is 18.9 Å². The normalized spacial score (nSPS) is 18.6. The third-order valence-corrected chi connectivity index (χ3v) is 3.39. The topological polar surface area (TPSA) is 105 Å². The van der Waals surface area contributed by atoms with E-state index in [0.29, 0.717) is 19.5 Å². The van der Waals surface area contributed by atoms with Gasteiger partial charge in [-0.25, -0.2) is 4.79 Å². The molecule has 1 unspecified atom stereocenters. The van der Waals surface area contributed by atoms with E-state index in [4.69, 9.17) is 5.73 Å². The van der Waals surface area contributed by atoms with Gasteiger partial charge in [0, 0.05) is 26.1 Å². The monoisotopic (exact) mass is 288 g/mol. The molecule has 1 heterocycles. The van der Waals surface area contributed by atoms with Crippen LogP contribution in [0, 0.1) is 0 Å². The van der Waals surface area contributed by atoms with Crippen LogP contribution in [-0.2, 0) is 9.59 Å². The number of thioether (sulfide) groups is 1. The molecular weight excluding hydrogens is 268 g/mol. The Kier molecular flexibility index (Phi) is 6.65. The van der Waals surface area contributed by atoms with Crippen molar-refractivity contribution in [1.82, 2.24) is 15.5 Å². The summed E-state index contributed by atoms with van der Waals surface area (Å²) in [6.07, 6.45) is 2.66. The second kappa shape index (κ2) is 8.00. The molecule has 1 aliphatic heterocycles. The van der Waals surface area contributed by atoms with E-state index >= 15 is 0 Å². The molecule has 0 saturated carbocycles. The number of carbonyl (C=O) groups is 3. The number of hydrogen-bond donors (Lipinski definition) is 3. The Hall–Kier alpha value is -1.28. The van der Waals surface area contributed by atoms with Gasteiger partial charge in [0.05, 0.1) is 0 Å². The molecule has 0 aliphatic carbocycles. The molecule has 4 amide bonds.